The summed E-state index contributed by atoms with van der Waals surface area (Å²) in [6.45, 7) is 14.5. The van der Waals surface area contributed by atoms with Gasteiger partial charge in [0.15, 0.2) is 0 Å². The molecule has 3 nitrogen and oxygen atoms in total. The number of carbonyl (C=O) groups excluding carboxylic acids is 1. The highest BCUT2D eigenvalue weighted by molar-refractivity contribution is 5.86. The van der Waals surface area contributed by atoms with Crippen LogP contribution in [0.1, 0.15) is 39.7 Å². The van der Waals surface area contributed by atoms with Crippen LogP contribution in [0.25, 0.3) is 0 Å². The first-order chi connectivity index (χ1) is 9.99. The summed E-state index contributed by atoms with van der Waals surface area (Å²) in [5.41, 5.74) is 1.73. The molecule has 0 saturated carbocycles. The number of esters is 1. The fourth-order valence-electron chi connectivity index (χ4n) is 2.71. The molecule has 0 N–H and O–H groups in total. The Balaban J connectivity index is 0.00000441. The Labute approximate surface area is 141 Å². The summed E-state index contributed by atoms with van der Waals surface area (Å²) in [7, 11) is 0. The number of nitrogens with zero attached hydrogens (tertiary/aromatic N) is 1. The molecule has 1 aromatic carbocycles. The number of benzene rings is 1. The monoisotopic (exact) mass is 325 g/mol. The van der Waals surface area contributed by atoms with E-state index >= 15 is 0 Å². The van der Waals surface area contributed by atoms with Crippen LogP contribution in [0.3, 0.4) is 0 Å². The molecule has 4 heteroatoms. The van der Waals surface area contributed by atoms with E-state index in [1.54, 1.807) is 6.92 Å². The second kappa shape index (κ2) is 9.65. The van der Waals surface area contributed by atoms with Crippen LogP contribution in [0.5, 0.6) is 0 Å². The zero-order valence-electron chi connectivity index (χ0n) is 14.1. The summed E-state index contributed by atoms with van der Waals surface area (Å²) in [6.07, 6.45) is 0.664. The van der Waals surface area contributed by atoms with Crippen molar-refractivity contribution in [1.82, 2.24) is 0 Å². The number of ether oxygens (including phenoxy) is 1. The van der Waals surface area contributed by atoms with Gasteiger partial charge in [-0.25, -0.2) is 4.79 Å². The van der Waals surface area contributed by atoms with E-state index in [1.807, 2.05) is 6.07 Å². The van der Waals surface area contributed by atoms with Gasteiger partial charge in [0, 0.05) is 17.6 Å². The fraction of sp³-hybridized carbons (Fsp3) is 0.500. The molecule has 1 atom stereocenters. The van der Waals surface area contributed by atoms with Gasteiger partial charge in [0.25, 0.3) is 0 Å². The van der Waals surface area contributed by atoms with Gasteiger partial charge in [-0.15, -0.1) is 0 Å². The Morgan fingerprint density at radius 2 is 1.73 bits per heavy atom. The second-order valence-corrected chi connectivity index (χ2v) is 5.54. The van der Waals surface area contributed by atoms with Gasteiger partial charge < -0.3 is 17.1 Å². The van der Waals surface area contributed by atoms with E-state index in [-0.39, 0.29) is 24.6 Å². The average molecular weight is 326 g/mol. The normalized spacial score (nSPS) is 12.2. The first-order valence-corrected chi connectivity index (χ1v) is 7.75. The van der Waals surface area contributed by atoms with Crippen molar-refractivity contribution in [2.24, 2.45) is 0 Å². The van der Waals surface area contributed by atoms with Crippen LogP contribution in [0.15, 0.2) is 42.5 Å². The zero-order valence-corrected chi connectivity index (χ0v) is 14.9. The predicted octanol–water partition coefficient (Wildman–Crippen LogP) is 0.903. The van der Waals surface area contributed by atoms with Gasteiger partial charge in [0.05, 0.1) is 13.1 Å². The average Bonchev–Trinajstić information content (AvgIpc) is 2.51. The van der Waals surface area contributed by atoms with Crippen LogP contribution in [-0.2, 0) is 16.1 Å². The molecule has 0 aromatic heterocycles. The standard InChI is InChI=1S/C18H28NO2.ClH/c1-6-17(21-18(20)15(4)5)19(7-2,8-3)14-16-12-10-9-11-13-16;/h9-13,17H,4,6-8,14H2,1-3,5H3;1H/q+1;/p-1. The van der Waals surface area contributed by atoms with Gasteiger partial charge >= 0.3 is 5.97 Å². The number of hydrogen-bond donors (Lipinski definition) is 0. The van der Waals surface area contributed by atoms with Crippen molar-refractivity contribution in [3.8, 4) is 0 Å². The highest BCUT2D eigenvalue weighted by atomic mass is 35.5. The van der Waals surface area contributed by atoms with E-state index in [1.165, 1.54) is 5.56 Å². The van der Waals surface area contributed by atoms with Crippen molar-refractivity contribution in [1.29, 1.82) is 0 Å². The maximum Gasteiger partial charge on any atom is 0.337 e. The molecule has 1 aromatic rings. The molecule has 0 aliphatic heterocycles. The minimum absolute atomic E-state index is 0. The Hall–Kier alpha value is -1.32. The lowest BCUT2D eigenvalue weighted by atomic mass is 10.1. The Morgan fingerprint density at radius 3 is 2.14 bits per heavy atom. The van der Waals surface area contributed by atoms with E-state index < -0.39 is 0 Å². The largest absolute Gasteiger partial charge is 1.00 e. The van der Waals surface area contributed by atoms with E-state index in [2.05, 4.69) is 51.6 Å². The number of hydrogen-bond acceptors (Lipinski definition) is 2. The topological polar surface area (TPSA) is 26.3 Å². The Bertz CT molecular complexity index is 469. The van der Waals surface area contributed by atoms with Crippen LogP contribution >= 0.6 is 0 Å². The zero-order chi connectivity index (χ0) is 15.9. The van der Waals surface area contributed by atoms with E-state index in [4.69, 9.17) is 4.74 Å². The Morgan fingerprint density at radius 1 is 1.18 bits per heavy atom. The number of halogens is 1. The molecule has 1 rings (SSSR count). The Kier molecular flexibility index (Phi) is 9.07. The molecule has 0 bridgehead atoms. The summed E-state index contributed by atoms with van der Waals surface area (Å²) in [5.74, 6) is -0.292. The molecule has 1 unspecified atom stereocenters. The molecule has 0 amide bonds. The lowest BCUT2D eigenvalue weighted by Gasteiger charge is -2.42. The van der Waals surface area contributed by atoms with Crippen LogP contribution in [0.2, 0.25) is 0 Å². The molecule has 0 radical (unpaired) electrons. The maximum atomic E-state index is 11.9. The number of rotatable bonds is 8. The van der Waals surface area contributed by atoms with Gasteiger partial charge in [0.2, 0.25) is 6.23 Å². The highest BCUT2D eigenvalue weighted by Crippen LogP contribution is 2.23. The van der Waals surface area contributed by atoms with E-state index in [0.29, 0.717) is 5.57 Å². The SMILES string of the molecule is C=C(C)C(=O)OC(CC)[N+](CC)(CC)Cc1ccccc1.[Cl-]. The van der Waals surface area contributed by atoms with Crippen molar-refractivity contribution in [2.45, 2.75) is 46.9 Å². The maximum absolute atomic E-state index is 11.9. The van der Waals surface area contributed by atoms with Crippen molar-refractivity contribution in [3.63, 3.8) is 0 Å². The van der Waals surface area contributed by atoms with Crippen LogP contribution < -0.4 is 12.4 Å². The molecule has 0 saturated heterocycles. The molecule has 124 valence electrons. The van der Waals surface area contributed by atoms with Crippen molar-refractivity contribution in [2.75, 3.05) is 13.1 Å². The quantitative estimate of drug-likeness (QED) is 0.307. The summed E-state index contributed by atoms with van der Waals surface area (Å²) in [5, 5.41) is 0. The first kappa shape index (κ1) is 20.7. The molecule has 0 heterocycles. The van der Waals surface area contributed by atoms with Gasteiger partial charge in [-0.05, 0) is 20.8 Å². The van der Waals surface area contributed by atoms with Crippen LogP contribution in [0, 0.1) is 0 Å². The second-order valence-electron chi connectivity index (χ2n) is 5.54. The third-order valence-electron chi connectivity index (χ3n) is 4.15. The van der Waals surface area contributed by atoms with Gasteiger partial charge in [-0.2, -0.15) is 0 Å². The van der Waals surface area contributed by atoms with Gasteiger partial charge in [0.1, 0.15) is 6.54 Å². The molecule has 0 fully saturated rings. The summed E-state index contributed by atoms with van der Waals surface area (Å²) < 4.78 is 6.46. The first-order valence-electron chi connectivity index (χ1n) is 7.75. The minimum atomic E-state index is -0.292. The lowest BCUT2D eigenvalue weighted by Crippen LogP contribution is -3.00. The smallest absolute Gasteiger partial charge is 0.337 e. The van der Waals surface area contributed by atoms with E-state index in [0.717, 1.165) is 30.5 Å². The van der Waals surface area contributed by atoms with Gasteiger partial charge in [-0.3, -0.25) is 4.48 Å². The molecular formula is C18H28ClNO2. The molecule has 22 heavy (non-hydrogen) atoms. The molecule has 0 spiro atoms. The molecular weight excluding hydrogens is 298 g/mol. The van der Waals surface area contributed by atoms with Crippen molar-refractivity contribution < 1.29 is 26.4 Å². The minimum Gasteiger partial charge on any atom is -1.00 e. The van der Waals surface area contributed by atoms with Crippen LogP contribution in [0.4, 0.5) is 0 Å². The summed E-state index contributed by atoms with van der Waals surface area (Å²) >= 11 is 0. The molecule has 0 aliphatic rings. The van der Waals surface area contributed by atoms with Crippen molar-refractivity contribution in [3.05, 3.63) is 48.0 Å². The number of quaternary nitrogens is 1. The fourth-order valence-corrected chi connectivity index (χ4v) is 2.71. The third-order valence-corrected chi connectivity index (χ3v) is 4.15. The van der Waals surface area contributed by atoms with E-state index in [9.17, 15) is 4.79 Å². The summed E-state index contributed by atoms with van der Waals surface area (Å²) in [4.78, 5) is 11.9. The third kappa shape index (κ3) is 5.15. The highest BCUT2D eigenvalue weighted by Gasteiger charge is 2.36. The predicted molar refractivity (Wildman–Crippen MR) is 86.5 cm³/mol. The van der Waals surface area contributed by atoms with Gasteiger partial charge in [-0.1, -0.05) is 43.8 Å². The van der Waals surface area contributed by atoms with Crippen LogP contribution in [-0.4, -0.2) is 29.8 Å². The molecule has 0 aliphatic carbocycles. The summed E-state index contributed by atoms with van der Waals surface area (Å²) in [6, 6.07) is 10.4. The lowest BCUT2D eigenvalue weighted by molar-refractivity contribution is -0.978. The van der Waals surface area contributed by atoms with Crippen molar-refractivity contribution >= 4 is 5.97 Å². The number of carbonyl (C=O) groups is 1.